The van der Waals surface area contributed by atoms with Gasteiger partial charge in [0.1, 0.15) is 0 Å². The van der Waals surface area contributed by atoms with E-state index in [0.717, 1.165) is 0 Å². The van der Waals surface area contributed by atoms with Crippen molar-refractivity contribution in [3.8, 4) is 0 Å². The summed E-state index contributed by atoms with van der Waals surface area (Å²) in [5.74, 6) is 0. The lowest BCUT2D eigenvalue weighted by Gasteiger charge is -2.10. The fourth-order valence-corrected chi connectivity index (χ4v) is 0. The van der Waals surface area contributed by atoms with Gasteiger partial charge in [0.25, 0.3) is 8.32 Å². The minimum atomic E-state index is -1.24. The van der Waals surface area contributed by atoms with Crippen LogP contribution in [0.3, 0.4) is 0 Å². The zero-order valence-electron chi connectivity index (χ0n) is 14.4. The van der Waals surface area contributed by atoms with E-state index < -0.39 is 25.0 Å². The van der Waals surface area contributed by atoms with Gasteiger partial charge in [-0.3, -0.25) is 0 Å². The van der Waals surface area contributed by atoms with E-state index in [4.69, 9.17) is 13.3 Å². The molecule has 6 heteroatoms. The lowest BCUT2D eigenvalue weighted by atomic mass is 11.8. The van der Waals surface area contributed by atoms with Crippen molar-refractivity contribution in [2.45, 2.75) is 58.9 Å². The minimum Gasteiger partial charge on any atom is -0.421 e. The molecule has 0 spiro atoms. The summed E-state index contributed by atoms with van der Waals surface area (Å²) in [7, 11) is 3.35. The van der Waals surface area contributed by atoms with Gasteiger partial charge in [-0.05, 0) is 58.9 Å². The first kappa shape index (κ1) is 23.5. The summed E-state index contributed by atoms with van der Waals surface area (Å²) in [4.78, 5) is 0. The van der Waals surface area contributed by atoms with Gasteiger partial charge in [0, 0.05) is 14.2 Å². The molecule has 0 fully saturated rings. The molecular weight excluding hydrogens is 276 g/mol. The number of hydrogen-bond acceptors (Lipinski definition) is 3. The van der Waals surface area contributed by atoms with Gasteiger partial charge in [0.05, 0.1) is 0 Å². The Labute approximate surface area is 119 Å². The van der Waals surface area contributed by atoms with E-state index in [0.29, 0.717) is 0 Å². The van der Waals surface area contributed by atoms with Crippen LogP contribution in [0.5, 0.6) is 0 Å². The van der Waals surface area contributed by atoms with Crippen molar-refractivity contribution >= 4 is 25.0 Å². The standard InChI is InChI=1S/2C4H12OSi.C4H11OSi/c3*1-5-6(2,3)4/h2*1-4H3;1H2,2-4H3/q;;+1. The van der Waals surface area contributed by atoms with Crippen molar-refractivity contribution in [2.75, 3.05) is 14.2 Å². The maximum absolute atomic E-state index is 5.08. The summed E-state index contributed by atoms with van der Waals surface area (Å²) in [6, 6.07) is 0. The molecule has 0 heterocycles. The molecule has 0 unspecified atom stereocenters. The lowest BCUT2D eigenvalue weighted by molar-refractivity contribution is 0.410. The van der Waals surface area contributed by atoms with E-state index in [1.54, 1.807) is 14.2 Å². The molecule has 0 aliphatic carbocycles. The van der Waals surface area contributed by atoms with Crippen molar-refractivity contribution in [2.24, 2.45) is 0 Å². The Morgan fingerprint density at radius 2 is 0.667 bits per heavy atom. The fraction of sp³-hybridized carbons (Fsp3) is 0.917. The molecule has 0 aromatic heterocycles. The zero-order valence-corrected chi connectivity index (χ0v) is 17.4. The van der Waals surface area contributed by atoms with Crippen LogP contribution in [0.4, 0.5) is 0 Å². The van der Waals surface area contributed by atoms with Crippen molar-refractivity contribution in [3.05, 3.63) is 7.11 Å². The van der Waals surface area contributed by atoms with Gasteiger partial charge in [-0.1, -0.05) is 0 Å². The molecule has 0 atom stereocenters. The van der Waals surface area contributed by atoms with E-state index >= 15 is 0 Å². The molecule has 0 aliphatic rings. The molecule has 3 nitrogen and oxygen atoms in total. The monoisotopic (exact) mass is 311 g/mol. The predicted octanol–water partition coefficient (Wildman–Crippen LogP) is 4.56. The van der Waals surface area contributed by atoms with Crippen LogP contribution in [0, 0.1) is 7.11 Å². The highest BCUT2D eigenvalue weighted by Gasteiger charge is 2.15. The summed E-state index contributed by atoms with van der Waals surface area (Å²) in [6.45, 7) is 19.2. The lowest BCUT2D eigenvalue weighted by Crippen LogP contribution is -2.22. The molecule has 0 aromatic rings. The summed E-state index contributed by atoms with van der Waals surface area (Å²) in [6.07, 6.45) is 0. The average Bonchev–Trinajstić information content (AvgIpc) is 2.16. The van der Waals surface area contributed by atoms with E-state index in [1.165, 1.54) is 0 Å². The summed E-state index contributed by atoms with van der Waals surface area (Å²) in [5.41, 5.74) is 0. The van der Waals surface area contributed by atoms with Gasteiger partial charge < -0.3 is 8.85 Å². The smallest absolute Gasteiger partial charge is 0.252 e. The van der Waals surface area contributed by atoms with E-state index in [-0.39, 0.29) is 0 Å². The van der Waals surface area contributed by atoms with Crippen LogP contribution in [0.1, 0.15) is 0 Å². The summed E-state index contributed by atoms with van der Waals surface area (Å²) in [5, 5.41) is 0. The molecule has 0 saturated heterocycles. The van der Waals surface area contributed by atoms with Gasteiger partial charge in [0.15, 0.2) is 23.7 Å². The maximum Gasteiger partial charge on any atom is 0.252 e. The van der Waals surface area contributed by atoms with Gasteiger partial charge in [-0.2, -0.15) is 0 Å². The van der Waals surface area contributed by atoms with E-state index in [1.807, 2.05) is 0 Å². The first-order valence-corrected chi connectivity index (χ1v) is 16.4. The Kier molecular flexibility index (Phi) is 13.3. The molecule has 0 radical (unpaired) electrons. The van der Waals surface area contributed by atoms with Crippen LogP contribution >= 0.6 is 0 Å². The molecule has 0 saturated carbocycles. The van der Waals surface area contributed by atoms with Gasteiger partial charge >= 0.3 is 0 Å². The number of rotatable bonds is 3. The molecule has 0 amide bonds. The average molecular weight is 312 g/mol. The maximum atomic E-state index is 5.08. The Morgan fingerprint density at radius 1 is 0.556 bits per heavy atom. The third kappa shape index (κ3) is 44.0. The highest BCUT2D eigenvalue weighted by Crippen LogP contribution is 1.99. The predicted molar refractivity (Wildman–Crippen MR) is 90.5 cm³/mol. The fourth-order valence-electron chi connectivity index (χ4n) is 0. The minimum absolute atomic E-state index is 1.13. The Morgan fingerprint density at radius 3 is 0.667 bits per heavy atom. The first-order valence-electron chi connectivity index (χ1n) is 6.22. The largest absolute Gasteiger partial charge is 0.421 e. The second-order valence-electron chi connectivity index (χ2n) is 6.89. The second kappa shape index (κ2) is 10.2. The SMILES string of the molecule is CO[Si](C)(C)C.CO[Si](C)(C)C.[CH2+]O[Si](C)(C)C. The molecule has 112 valence electrons. The molecular formula is C12H35O3Si3+. The van der Waals surface area contributed by atoms with Crippen LogP contribution < -0.4 is 0 Å². The van der Waals surface area contributed by atoms with Crippen LogP contribution in [0.15, 0.2) is 0 Å². The summed E-state index contributed by atoms with van der Waals surface area (Å²) < 4.78 is 15.0. The van der Waals surface area contributed by atoms with Crippen molar-refractivity contribution in [3.63, 3.8) is 0 Å². The quantitative estimate of drug-likeness (QED) is 0.564. The van der Waals surface area contributed by atoms with Crippen LogP contribution in [0.2, 0.25) is 58.9 Å². The summed E-state index contributed by atoms with van der Waals surface area (Å²) >= 11 is 0. The molecule has 0 aliphatic heterocycles. The Balaban J connectivity index is -0.000000187. The second-order valence-corrected chi connectivity index (χ2v) is 20.7. The third-order valence-corrected chi connectivity index (χ3v) is 4.97. The van der Waals surface area contributed by atoms with Crippen molar-refractivity contribution < 1.29 is 13.3 Å². The van der Waals surface area contributed by atoms with Crippen molar-refractivity contribution in [1.29, 1.82) is 0 Å². The van der Waals surface area contributed by atoms with Crippen LogP contribution in [0.25, 0.3) is 0 Å². The van der Waals surface area contributed by atoms with Crippen LogP contribution in [-0.2, 0) is 13.3 Å². The van der Waals surface area contributed by atoms with E-state index in [9.17, 15) is 0 Å². The zero-order chi connectivity index (χ0) is 15.6. The number of hydrogen-bond donors (Lipinski definition) is 0. The molecule has 18 heavy (non-hydrogen) atoms. The molecule has 0 bridgehead atoms. The third-order valence-electron chi connectivity index (χ3n) is 1.66. The Hall–Kier alpha value is 0.401. The molecule has 0 aromatic carbocycles. The highest BCUT2D eigenvalue weighted by molar-refractivity contribution is 6.70. The topological polar surface area (TPSA) is 27.7 Å². The highest BCUT2D eigenvalue weighted by atomic mass is 28.4. The van der Waals surface area contributed by atoms with Gasteiger partial charge in [0.2, 0.25) is 0 Å². The first-order chi connectivity index (χ1) is 7.68. The normalized spacial score (nSPS) is 11.9. The van der Waals surface area contributed by atoms with Gasteiger partial charge in [-0.15, -0.1) is 0 Å². The van der Waals surface area contributed by atoms with Gasteiger partial charge in [-0.25, -0.2) is 4.43 Å². The van der Waals surface area contributed by atoms with Crippen molar-refractivity contribution in [1.82, 2.24) is 0 Å². The molecule has 0 rings (SSSR count). The molecule has 0 N–H and O–H groups in total. The van der Waals surface area contributed by atoms with E-state index in [2.05, 4.69) is 66.0 Å². The van der Waals surface area contributed by atoms with Crippen LogP contribution in [-0.4, -0.2) is 39.2 Å². The Bertz CT molecular complexity index is 145.